The molecule has 0 saturated carbocycles. The van der Waals surface area contributed by atoms with Crippen molar-refractivity contribution in [3.05, 3.63) is 29.3 Å². The van der Waals surface area contributed by atoms with Crippen molar-refractivity contribution >= 4 is 5.91 Å². The van der Waals surface area contributed by atoms with E-state index in [-0.39, 0.29) is 5.91 Å². The molecule has 0 spiro atoms. The topological polar surface area (TPSA) is 29.5 Å². The second kappa shape index (κ2) is 6.78. The van der Waals surface area contributed by atoms with E-state index < -0.39 is 0 Å². The van der Waals surface area contributed by atoms with E-state index in [1.807, 2.05) is 36.9 Å². The van der Waals surface area contributed by atoms with Gasteiger partial charge in [-0.15, -0.1) is 0 Å². The highest BCUT2D eigenvalue weighted by Crippen LogP contribution is 2.23. The van der Waals surface area contributed by atoms with E-state index in [1.54, 1.807) is 0 Å². The minimum absolute atomic E-state index is 0.161. The van der Waals surface area contributed by atoms with Crippen LogP contribution in [0.15, 0.2) is 18.2 Å². The fourth-order valence-electron chi connectivity index (χ4n) is 2.87. The zero-order valence-corrected chi connectivity index (χ0v) is 12.8. The van der Waals surface area contributed by atoms with E-state index in [4.69, 9.17) is 4.74 Å². The summed E-state index contributed by atoms with van der Waals surface area (Å²) in [6.07, 6.45) is 3.54. The summed E-state index contributed by atoms with van der Waals surface area (Å²) in [6, 6.07) is 5.74. The van der Waals surface area contributed by atoms with Gasteiger partial charge in [-0.25, -0.2) is 0 Å². The molecule has 0 N–H and O–H groups in total. The molecule has 3 nitrogen and oxygen atoms in total. The average molecular weight is 275 g/mol. The van der Waals surface area contributed by atoms with Gasteiger partial charge in [0.25, 0.3) is 5.91 Å². The number of ether oxygens (including phenoxy) is 1. The highest BCUT2D eigenvalue weighted by atomic mass is 16.5. The number of hydrogen-bond donors (Lipinski definition) is 0. The maximum absolute atomic E-state index is 12.6. The minimum Gasteiger partial charge on any atom is -0.494 e. The molecule has 0 radical (unpaired) electrons. The Morgan fingerprint density at radius 3 is 2.85 bits per heavy atom. The minimum atomic E-state index is 0.161. The Morgan fingerprint density at radius 1 is 1.40 bits per heavy atom. The summed E-state index contributed by atoms with van der Waals surface area (Å²) in [6.45, 7) is 8.62. The third kappa shape index (κ3) is 3.33. The second-order valence-electron chi connectivity index (χ2n) is 5.58. The number of carbonyl (C=O) groups is 1. The van der Waals surface area contributed by atoms with E-state index >= 15 is 0 Å². The molecule has 1 fully saturated rings. The summed E-state index contributed by atoms with van der Waals surface area (Å²) in [5, 5.41) is 0. The van der Waals surface area contributed by atoms with Gasteiger partial charge in [0.1, 0.15) is 5.75 Å². The Balaban J connectivity index is 2.10. The van der Waals surface area contributed by atoms with E-state index in [0.717, 1.165) is 42.8 Å². The van der Waals surface area contributed by atoms with Crippen molar-refractivity contribution in [2.45, 2.75) is 40.0 Å². The molecule has 2 rings (SSSR count). The predicted octanol–water partition coefficient (Wildman–Crippen LogP) is 3.66. The van der Waals surface area contributed by atoms with Crippen LogP contribution in [0.1, 0.15) is 49.0 Å². The predicted molar refractivity (Wildman–Crippen MR) is 81.3 cm³/mol. The highest BCUT2D eigenvalue weighted by Gasteiger charge is 2.23. The molecule has 20 heavy (non-hydrogen) atoms. The summed E-state index contributed by atoms with van der Waals surface area (Å²) in [5.74, 6) is 1.69. The van der Waals surface area contributed by atoms with Crippen molar-refractivity contribution in [1.29, 1.82) is 0 Å². The van der Waals surface area contributed by atoms with Crippen LogP contribution in [-0.2, 0) is 0 Å². The lowest BCUT2D eigenvalue weighted by atomic mass is 9.95. The van der Waals surface area contributed by atoms with Crippen LogP contribution in [0.3, 0.4) is 0 Å². The lowest BCUT2D eigenvalue weighted by Gasteiger charge is -2.32. The van der Waals surface area contributed by atoms with Crippen molar-refractivity contribution < 1.29 is 9.53 Å². The van der Waals surface area contributed by atoms with Crippen LogP contribution < -0.4 is 4.74 Å². The molecule has 0 aliphatic carbocycles. The number of hydrogen-bond acceptors (Lipinski definition) is 2. The Morgan fingerprint density at radius 2 is 2.20 bits per heavy atom. The van der Waals surface area contributed by atoms with E-state index in [9.17, 15) is 4.79 Å². The monoisotopic (exact) mass is 275 g/mol. The fraction of sp³-hybridized carbons (Fsp3) is 0.588. The highest BCUT2D eigenvalue weighted by molar-refractivity contribution is 5.94. The van der Waals surface area contributed by atoms with Crippen LogP contribution in [0, 0.1) is 12.8 Å². The van der Waals surface area contributed by atoms with Crippen LogP contribution in [-0.4, -0.2) is 30.5 Å². The maximum atomic E-state index is 12.6. The first-order valence-electron chi connectivity index (χ1n) is 7.68. The van der Waals surface area contributed by atoms with E-state index in [1.165, 1.54) is 6.42 Å². The molecular weight excluding hydrogens is 250 g/mol. The number of nitrogens with zero attached hydrogens (tertiary/aromatic N) is 1. The molecule has 1 aliphatic heterocycles. The van der Waals surface area contributed by atoms with Crippen LogP contribution in [0.4, 0.5) is 0 Å². The third-order valence-electron chi connectivity index (χ3n) is 4.11. The molecule has 1 heterocycles. The van der Waals surface area contributed by atoms with Gasteiger partial charge < -0.3 is 9.64 Å². The first-order chi connectivity index (χ1) is 9.65. The SMILES string of the molecule is CCOc1ccc(C(=O)N2CCCC(CC)C2)cc1C. The summed E-state index contributed by atoms with van der Waals surface area (Å²) in [5.41, 5.74) is 1.81. The van der Waals surface area contributed by atoms with Crippen molar-refractivity contribution in [2.75, 3.05) is 19.7 Å². The molecule has 1 saturated heterocycles. The Bertz CT molecular complexity index is 470. The van der Waals surface area contributed by atoms with Gasteiger partial charge in [0.2, 0.25) is 0 Å². The molecule has 1 aromatic rings. The van der Waals surface area contributed by atoms with Gasteiger partial charge in [0.15, 0.2) is 0 Å². The van der Waals surface area contributed by atoms with Gasteiger partial charge in [0, 0.05) is 18.7 Å². The molecule has 0 aromatic heterocycles. The van der Waals surface area contributed by atoms with Crippen LogP contribution in [0.25, 0.3) is 0 Å². The fourth-order valence-corrected chi connectivity index (χ4v) is 2.87. The molecule has 1 aromatic carbocycles. The molecule has 1 unspecified atom stereocenters. The summed E-state index contributed by atoms with van der Waals surface area (Å²) >= 11 is 0. The van der Waals surface area contributed by atoms with E-state index in [2.05, 4.69) is 6.92 Å². The number of amides is 1. The van der Waals surface area contributed by atoms with E-state index in [0.29, 0.717) is 12.5 Å². The van der Waals surface area contributed by atoms with Crippen molar-refractivity contribution in [2.24, 2.45) is 5.92 Å². The number of piperidine rings is 1. The average Bonchev–Trinajstić information content (AvgIpc) is 2.49. The second-order valence-corrected chi connectivity index (χ2v) is 5.58. The summed E-state index contributed by atoms with van der Waals surface area (Å²) < 4.78 is 5.53. The molecule has 1 aliphatic rings. The standard InChI is InChI=1S/C17H25NO2/c1-4-14-7-6-10-18(12-14)17(19)15-8-9-16(20-5-2)13(3)11-15/h8-9,11,14H,4-7,10,12H2,1-3H3. The smallest absolute Gasteiger partial charge is 0.253 e. The van der Waals surface area contributed by atoms with Crippen molar-refractivity contribution in [3.8, 4) is 5.75 Å². The molecular formula is C17H25NO2. The van der Waals surface area contributed by atoms with Gasteiger partial charge in [-0.2, -0.15) is 0 Å². The molecule has 1 atom stereocenters. The van der Waals surface area contributed by atoms with Crippen LogP contribution in [0.2, 0.25) is 0 Å². The molecule has 3 heteroatoms. The van der Waals surface area contributed by atoms with Crippen molar-refractivity contribution in [3.63, 3.8) is 0 Å². The quantitative estimate of drug-likeness (QED) is 0.839. The maximum Gasteiger partial charge on any atom is 0.253 e. The zero-order chi connectivity index (χ0) is 14.5. The van der Waals surface area contributed by atoms with Gasteiger partial charge in [0.05, 0.1) is 6.61 Å². The molecule has 110 valence electrons. The Labute approximate surface area is 121 Å². The van der Waals surface area contributed by atoms with Gasteiger partial charge >= 0.3 is 0 Å². The molecule has 0 bridgehead atoms. The van der Waals surface area contributed by atoms with Crippen LogP contribution in [0.5, 0.6) is 5.75 Å². The van der Waals surface area contributed by atoms with Crippen LogP contribution >= 0.6 is 0 Å². The lowest BCUT2D eigenvalue weighted by Crippen LogP contribution is -2.39. The zero-order valence-electron chi connectivity index (χ0n) is 12.8. The first kappa shape index (κ1) is 14.9. The Hall–Kier alpha value is -1.51. The third-order valence-corrected chi connectivity index (χ3v) is 4.11. The number of benzene rings is 1. The van der Waals surface area contributed by atoms with Crippen molar-refractivity contribution in [1.82, 2.24) is 4.90 Å². The van der Waals surface area contributed by atoms with Gasteiger partial charge in [-0.3, -0.25) is 4.79 Å². The lowest BCUT2D eigenvalue weighted by molar-refractivity contribution is 0.0671. The van der Waals surface area contributed by atoms with Gasteiger partial charge in [-0.05, 0) is 56.4 Å². The largest absolute Gasteiger partial charge is 0.494 e. The number of aryl methyl sites for hydroxylation is 1. The molecule has 1 amide bonds. The normalized spacial score (nSPS) is 18.9. The summed E-state index contributed by atoms with van der Waals surface area (Å²) in [4.78, 5) is 14.6. The summed E-state index contributed by atoms with van der Waals surface area (Å²) in [7, 11) is 0. The Kier molecular flexibility index (Phi) is 5.05. The van der Waals surface area contributed by atoms with Gasteiger partial charge in [-0.1, -0.05) is 13.3 Å². The first-order valence-corrected chi connectivity index (χ1v) is 7.68. The number of likely N-dealkylation sites (tertiary alicyclic amines) is 1. The number of carbonyl (C=O) groups excluding carboxylic acids is 1. The number of rotatable bonds is 4.